The zero-order valence-corrected chi connectivity index (χ0v) is 12.1. The van der Waals surface area contributed by atoms with Gasteiger partial charge in [0.25, 0.3) is 0 Å². The first-order valence-corrected chi connectivity index (χ1v) is 7.22. The van der Waals surface area contributed by atoms with E-state index in [9.17, 15) is 0 Å². The smallest absolute Gasteiger partial charge is 0.0488 e. The highest BCUT2D eigenvalue weighted by molar-refractivity contribution is 9.11. The Balaban J connectivity index is 2.82. The highest BCUT2D eigenvalue weighted by Crippen LogP contribution is 2.35. The van der Waals surface area contributed by atoms with E-state index in [-0.39, 0.29) is 0 Å². The second kappa shape index (κ2) is 4.01. The average molecular weight is 385 g/mol. The number of hydrogen-bond donors (Lipinski definition) is 0. The van der Waals surface area contributed by atoms with E-state index in [1.807, 2.05) is 0 Å². The topological polar surface area (TPSA) is 0 Å². The van der Waals surface area contributed by atoms with Crippen molar-refractivity contribution in [3.63, 3.8) is 0 Å². The van der Waals surface area contributed by atoms with Crippen molar-refractivity contribution in [3.8, 4) is 0 Å². The van der Waals surface area contributed by atoms with Gasteiger partial charge in [-0.15, -0.1) is 11.3 Å². The van der Waals surface area contributed by atoms with E-state index >= 15 is 0 Å². The molecule has 0 fully saturated rings. The van der Waals surface area contributed by atoms with Gasteiger partial charge in [0, 0.05) is 19.0 Å². The molecule has 0 atom stereocenters. The summed E-state index contributed by atoms with van der Waals surface area (Å²) in [6.45, 7) is 0. The van der Waals surface area contributed by atoms with Crippen LogP contribution in [0, 0.1) is 0 Å². The summed E-state index contributed by atoms with van der Waals surface area (Å²) in [5.41, 5.74) is 1.35. The molecule has 0 bridgehead atoms. The highest BCUT2D eigenvalue weighted by atomic mass is 79.9. The average Bonchev–Trinajstić information content (AvgIpc) is 2.47. The molecule has 0 spiro atoms. The minimum absolute atomic E-state index is 0.913. The molecule has 1 aromatic heterocycles. The standard InChI is InChI=1S/C9H5Br3S/c10-3-5-4-13-9-7(5)1-6(11)2-8(9)12/h1-2,4H,3H2. The van der Waals surface area contributed by atoms with Crippen LogP contribution in [0.3, 0.4) is 0 Å². The predicted molar refractivity (Wildman–Crippen MR) is 69.9 cm³/mol. The molecule has 68 valence electrons. The number of alkyl halides is 1. The van der Waals surface area contributed by atoms with Crippen LogP contribution in [-0.2, 0) is 5.33 Å². The van der Waals surface area contributed by atoms with E-state index < -0.39 is 0 Å². The van der Waals surface area contributed by atoms with Gasteiger partial charge in [-0.1, -0.05) is 31.9 Å². The first-order valence-electron chi connectivity index (χ1n) is 3.63. The summed E-state index contributed by atoms with van der Waals surface area (Å²) in [7, 11) is 0. The lowest BCUT2D eigenvalue weighted by Gasteiger charge is -1.97. The Labute approximate surface area is 106 Å². The Hall–Kier alpha value is 0.620. The molecule has 0 nitrogen and oxygen atoms in total. The second-order valence-corrected chi connectivity index (χ2v) is 5.87. The van der Waals surface area contributed by atoms with Gasteiger partial charge < -0.3 is 0 Å². The Morgan fingerprint density at radius 1 is 1.23 bits per heavy atom. The van der Waals surface area contributed by atoms with Crippen molar-refractivity contribution >= 4 is 69.2 Å². The third-order valence-electron chi connectivity index (χ3n) is 1.82. The maximum Gasteiger partial charge on any atom is 0.0488 e. The molecule has 0 aliphatic heterocycles. The molecule has 0 radical (unpaired) electrons. The number of halogens is 3. The first-order chi connectivity index (χ1) is 6.22. The fourth-order valence-electron chi connectivity index (χ4n) is 1.22. The lowest BCUT2D eigenvalue weighted by molar-refractivity contribution is 1.54. The van der Waals surface area contributed by atoms with Gasteiger partial charge in [0.1, 0.15) is 0 Å². The van der Waals surface area contributed by atoms with Crippen LogP contribution in [0.1, 0.15) is 5.56 Å². The number of benzene rings is 1. The van der Waals surface area contributed by atoms with Crippen LogP contribution >= 0.6 is 59.1 Å². The minimum atomic E-state index is 0.913. The molecule has 2 aromatic rings. The van der Waals surface area contributed by atoms with Gasteiger partial charge in [0.15, 0.2) is 0 Å². The van der Waals surface area contributed by atoms with Crippen LogP contribution < -0.4 is 0 Å². The molecule has 1 heterocycles. The summed E-state index contributed by atoms with van der Waals surface area (Å²) in [5, 5.41) is 4.43. The van der Waals surface area contributed by atoms with Crippen molar-refractivity contribution in [2.45, 2.75) is 5.33 Å². The molecule has 0 aliphatic rings. The third-order valence-corrected chi connectivity index (χ3v) is 4.85. The Kier molecular flexibility index (Phi) is 3.13. The van der Waals surface area contributed by atoms with Crippen molar-refractivity contribution in [2.24, 2.45) is 0 Å². The molecule has 0 unspecified atom stereocenters. The monoisotopic (exact) mass is 382 g/mol. The number of rotatable bonds is 1. The van der Waals surface area contributed by atoms with Gasteiger partial charge in [-0.3, -0.25) is 0 Å². The molecular formula is C9H5Br3S. The molecular weight excluding hydrogens is 380 g/mol. The number of fused-ring (bicyclic) bond motifs is 1. The first kappa shape index (κ1) is 10.1. The fourth-order valence-corrected chi connectivity index (χ4v) is 4.36. The normalized spacial score (nSPS) is 11.0. The Bertz CT molecular complexity index is 447. The summed E-state index contributed by atoms with van der Waals surface area (Å²) < 4.78 is 3.60. The van der Waals surface area contributed by atoms with Gasteiger partial charge in [0.2, 0.25) is 0 Å². The van der Waals surface area contributed by atoms with E-state index in [4.69, 9.17) is 0 Å². The Morgan fingerprint density at radius 3 is 2.69 bits per heavy atom. The zero-order chi connectivity index (χ0) is 9.42. The van der Waals surface area contributed by atoms with Crippen LogP contribution in [0.5, 0.6) is 0 Å². The van der Waals surface area contributed by atoms with Crippen LogP contribution in [0.15, 0.2) is 26.5 Å². The second-order valence-electron chi connectivity index (χ2n) is 2.66. The van der Waals surface area contributed by atoms with E-state index in [0.717, 1.165) is 14.3 Å². The summed E-state index contributed by atoms with van der Waals surface area (Å²) in [5.74, 6) is 0. The highest BCUT2D eigenvalue weighted by Gasteiger charge is 2.06. The van der Waals surface area contributed by atoms with Crippen molar-refractivity contribution in [3.05, 3.63) is 32.0 Å². The van der Waals surface area contributed by atoms with E-state index in [1.165, 1.54) is 15.6 Å². The number of thiophene rings is 1. The molecule has 0 saturated heterocycles. The maximum atomic E-state index is 3.56. The molecule has 0 amide bonds. The van der Waals surface area contributed by atoms with Crippen molar-refractivity contribution in [1.82, 2.24) is 0 Å². The van der Waals surface area contributed by atoms with Crippen molar-refractivity contribution < 1.29 is 0 Å². The molecule has 0 saturated carbocycles. The lowest BCUT2D eigenvalue weighted by atomic mass is 10.2. The third kappa shape index (κ3) is 1.87. The van der Waals surface area contributed by atoms with E-state index in [0.29, 0.717) is 0 Å². The van der Waals surface area contributed by atoms with Crippen LogP contribution in [0.4, 0.5) is 0 Å². The summed E-state index contributed by atoms with van der Waals surface area (Å²) in [6, 6.07) is 4.24. The van der Waals surface area contributed by atoms with Crippen LogP contribution in [0.25, 0.3) is 10.1 Å². The van der Waals surface area contributed by atoms with Crippen molar-refractivity contribution in [2.75, 3.05) is 0 Å². The Morgan fingerprint density at radius 2 is 2.00 bits per heavy atom. The summed E-state index contributed by atoms with van der Waals surface area (Å²) in [6.07, 6.45) is 0. The van der Waals surface area contributed by atoms with E-state index in [2.05, 4.69) is 65.3 Å². The lowest BCUT2D eigenvalue weighted by Crippen LogP contribution is -1.74. The minimum Gasteiger partial charge on any atom is -0.142 e. The largest absolute Gasteiger partial charge is 0.142 e. The molecule has 0 aliphatic carbocycles. The van der Waals surface area contributed by atoms with E-state index in [1.54, 1.807) is 11.3 Å². The summed E-state index contributed by atoms with van der Waals surface area (Å²) in [4.78, 5) is 0. The molecule has 0 N–H and O–H groups in total. The quantitative estimate of drug-likeness (QED) is 0.583. The SMILES string of the molecule is BrCc1csc2c(Br)cc(Br)cc12. The van der Waals surface area contributed by atoms with Gasteiger partial charge in [-0.2, -0.15) is 0 Å². The van der Waals surface area contributed by atoms with Crippen molar-refractivity contribution in [1.29, 1.82) is 0 Å². The van der Waals surface area contributed by atoms with Gasteiger partial charge >= 0.3 is 0 Å². The van der Waals surface area contributed by atoms with Gasteiger partial charge in [-0.05, 0) is 44.4 Å². The van der Waals surface area contributed by atoms with Gasteiger partial charge in [-0.25, -0.2) is 0 Å². The van der Waals surface area contributed by atoms with Crippen LogP contribution in [-0.4, -0.2) is 0 Å². The molecule has 1 aromatic carbocycles. The molecule has 13 heavy (non-hydrogen) atoms. The predicted octanol–water partition coefficient (Wildman–Crippen LogP) is 5.32. The fraction of sp³-hybridized carbons (Fsp3) is 0.111. The zero-order valence-electron chi connectivity index (χ0n) is 6.48. The summed E-state index contributed by atoms with van der Waals surface area (Å²) >= 11 is 12.3. The maximum absolute atomic E-state index is 3.56. The van der Waals surface area contributed by atoms with Gasteiger partial charge in [0.05, 0.1) is 0 Å². The number of hydrogen-bond acceptors (Lipinski definition) is 1. The molecule has 2 rings (SSSR count). The molecule has 4 heteroatoms. The van der Waals surface area contributed by atoms with Crippen LogP contribution in [0.2, 0.25) is 0 Å².